The summed E-state index contributed by atoms with van der Waals surface area (Å²) in [4.78, 5) is 2.43. The van der Waals surface area contributed by atoms with Gasteiger partial charge in [-0.2, -0.15) is 0 Å². The molecular formula is C20H26N2O2. The Morgan fingerprint density at radius 2 is 1.71 bits per heavy atom. The molecule has 3 rings (SSSR count). The van der Waals surface area contributed by atoms with Crippen molar-refractivity contribution >= 4 is 0 Å². The van der Waals surface area contributed by atoms with Crippen LogP contribution in [0.2, 0.25) is 0 Å². The minimum atomic E-state index is 0.174. The van der Waals surface area contributed by atoms with Crippen LogP contribution >= 0.6 is 0 Å². The molecule has 2 atom stereocenters. The van der Waals surface area contributed by atoms with E-state index in [4.69, 9.17) is 15.2 Å². The monoisotopic (exact) mass is 326 g/mol. The third kappa shape index (κ3) is 3.40. The lowest BCUT2D eigenvalue weighted by molar-refractivity contribution is 0.320. The van der Waals surface area contributed by atoms with Crippen LogP contribution in [-0.2, 0) is 6.54 Å². The first-order valence-corrected chi connectivity index (χ1v) is 8.36. The maximum absolute atomic E-state index is 6.41. The second kappa shape index (κ2) is 7.24. The zero-order valence-electron chi connectivity index (χ0n) is 14.7. The molecule has 4 heteroatoms. The number of hydrogen-bond acceptors (Lipinski definition) is 4. The van der Waals surface area contributed by atoms with Gasteiger partial charge in [-0.15, -0.1) is 0 Å². The van der Waals surface area contributed by atoms with Crippen LogP contribution in [-0.4, -0.2) is 38.3 Å². The van der Waals surface area contributed by atoms with Crippen molar-refractivity contribution in [3.05, 3.63) is 59.2 Å². The number of nitrogens with two attached hydrogens (primary N) is 1. The highest BCUT2D eigenvalue weighted by Crippen LogP contribution is 2.32. The van der Waals surface area contributed by atoms with Crippen LogP contribution in [0.15, 0.2) is 42.5 Å². The molecule has 1 aliphatic rings. The Bertz CT molecular complexity index is 688. The van der Waals surface area contributed by atoms with Gasteiger partial charge in [0.05, 0.1) is 14.2 Å². The van der Waals surface area contributed by atoms with Crippen LogP contribution in [0.25, 0.3) is 0 Å². The van der Waals surface area contributed by atoms with E-state index in [0.29, 0.717) is 5.92 Å². The SMILES string of the molecule is COc1cc(C)c(CN2C[C@@H](N)[C@H](c3ccccc3)C2)cc1OC. The van der Waals surface area contributed by atoms with Gasteiger partial charge in [-0.3, -0.25) is 4.90 Å². The van der Waals surface area contributed by atoms with E-state index in [0.717, 1.165) is 31.1 Å². The van der Waals surface area contributed by atoms with Crippen LogP contribution in [0.1, 0.15) is 22.6 Å². The second-order valence-corrected chi connectivity index (χ2v) is 6.51. The van der Waals surface area contributed by atoms with Gasteiger partial charge in [-0.25, -0.2) is 0 Å². The molecule has 1 heterocycles. The normalized spacial score (nSPS) is 21.0. The van der Waals surface area contributed by atoms with Crippen molar-refractivity contribution in [3.63, 3.8) is 0 Å². The molecule has 0 aromatic heterocycles. The number of ether oxygens (including phenoxy) is 2. The van der Waals surface area contributed by atoms with Crippen molar-refractivity contribution in [2.45, 2.75) is 25.4 Å². The molecule has 0 amide bonds. The zero-order chi connectivity index (χ0) is 17.1. The number of aryl methyl sites for hydroxylation is 1. The van der Waals surface area contributed by atoms with Crippen molar-refractivity contribution in [3.8, 4) is 11.5 Å². The molecule has 2 N–H and O–H groups in total. The standard InChI is InChI=1S/C20H26N2O2/c1-14-9-19(23-2)20(24-3)10-16(14)11-22-12-17(18(21)13-22)15-7-5-4-6-8-15/h4-10,17-18H,11-13,21H2,1-3H3/t17-,18+/m0/s1. The first-order valence-electron chi connectivity index (χ1n) is 8.36. The van der Waals surface area contributed by atoms with E-state index in [1.807, 2.05) is 6.07 Å². The molecule has 2 aromatic rings. The number of likely N-dealkylation sites (tertiary alicyclic amines) is 1. The molecule has 0 aliphatic carbocycles. The minimum Gasteiger partial charge on any atom is -0.493 e. The lowest BCUT2D eigenvalue weighted by atomic mass is 9.95. The molecule has 1 fully saturated rings. The number of nitrogens with zero attached hydrogens (tertiary/aromatic N) is 1. The van der Waals surface area contributed by atoms with E-state index in [9.17, 15) is 0 Å². The van der Waals surface area contributed by atoms with E-state index >= 15 is 0 Å². The minimum absolute atomic E-state index is 0.174. The molecule has 0 bridgehead atoms. The predicted molar refractivity (Wildman–Crippen MR) is 96.7 cm³/mol. The summed E-state index contributed by atoms with van der Waals surface area (Å²) in [6, 6.07) is 14.9. The molecule has 1 saturated heterocycles. The summed E-state index contributed by atoms with van der Waals surface area (Å²) >= 11 is 0. The Morgan fingerprint density at radius 3 is 2.38 bits per heavy atom. The summed E-state index contributed by atoms with van der Waals surface area (Å²) in [5, 5.41) is 0. The molecule has 0 unspecified atom stereocenters. The Morgan fingerprint density at radius 1 is 1.04 bits per heavy atom. The molecule has 24 heavy (non-hydrogen) atoms. The van der Waals surface area contributed by atoms with Gasteiger partial charge in [0.2, 0.25) is 0 Å². The van der Waals surface area contributed by atoms with Crippen molar-refractivity contribution in [2.24, 2.45) is 5.73 Å². The number of rotatable bonds is 5. The Labute approximate surface area is 144 Å². The van der Waals surface area contributed by atoms with Gasteiger partial charge >= 0.3 is 0 Å². The van der Waals surface area contributed by atoms with E-state index < -0.39 is 0 Å². The van der Waals surface area contributed by atoms with E-state index in [-0.39, 0.29) is 6.04 Å². The van der Waals surface area contributed by atoms with Gasteiger partial charge < -0.3 is 15.2 Å². The fraction of sp³-hybridized carbons (Fsp3) is 0.400. The molecule has 2 aromatic carbocycles. The smallest absolute Gasteiger partial charge is 0.161 e. The molecule has 4 nitrogen and oxygen atoms in total. The summed E-state index contributed by atoms with van der Waals surface area (Å²) in [5.41, 5.74) is 10.2. The number of benzene rings is 2. The van der Waals surface area contributed by atoms with Crippen molar-refractivity contribution in [1.29, 1.82) is 0 Å². The van der Waals surface area contributed by atoms with Crippen molar-refractivity contribution in [2.75, 3.05) is 27.3 Å². The first-order chi connectivity index (χ1) is 11.6. The first kappa shape index (κ1) is 16.8. The van der Waals surface area contributed by atoms with Crippen LogP contribution in [0.4, 0.5) is 0 Å². The molecular weight excluding hydrogens is 300 g/mol. The van der Waals surface area contributed by atoms with Gasteiger partial charge in [-0.1, -0.05) is 30.3 Å². The highest BCUT2D eigenvalue weighted by atomic mass is 16.5. The zero-order valence-corrected chi connectivity index (χ0v) is 14.7. The lowest BCUT2D eigenvalue weighted by Gasteiger charge is -2.19. The molecule has 0 spiro atoms. The van der Waals surface area contributed by atoms with Crippen LogP contribution in [0.3, 0.4) is 0 Å². The fourth-order valence-corrected chi connectivity index (χ4v) is 3.53. The van der Waals surface area contributed by atoms with Gasteiger partial charge in [0, 0.05) is 31.6 Å². The topological polar surface area (TPSA) is 47.7 Å². The van der Waals surface area contributed by atoms with Gasteiger partial charge in [0.15, 0.2) is 11.5 Å². The Kier molecular flexibility index (Phi) is 5.07. The third-order valence-corrected chi connectivity index (χ3v) is 4.90. The van der Waals surface area contributed by atoms with Crippen molar-refractivity contribution in [1.82, 2.24) is 4.90 Å². The maximum Gasteiger partial charge on any atom is 0.161 e. The molecule has 1 aliphatic heterocycles. The van der Waals surface area contributed by atoms with Gasteiger partial charge in [-0.05, 0) is 35.7 Å². The Balaban J connectivity index is 1.75. The summed E-state index contributed by atoms with van der Waals surface area (Å²) in [5.74, 6) is 1.95. The summed E-state index contributed by atoms with van der Waals surface area (Å²) in [7, 11) is 3.34. The summed E-state index contributed by atoms with van der Waals surface area (Å²) < 4.78 is 10.8. The maximum atomic E-state index is 6.41. The average Bonchev–Trinajstić information content (AvgIpc) is 2.97. The molecule has 0 radical (unpaired) electrons. The van der Waals surface area contributed by atoms with Crippen molar-refractivity contribution < 1.29 is 9.47 Å². The highest BCUT2D eigenvalue weighted by molar-refractivity contribution is 5.47. The third-order valence-electron chi connectivity index (χ3n) is 4.90. The quantitative estimate of drug-likeness (QED) is 0.918. The molecule has 0 saturated carbocycles. The van der Waals surface area contributed by atoms with Crippen LogP contribution in [0.5, 0.6) is 11.5 Å². The van der Waals surface area contributed by atoms with E-state index in [1.54, 1.807) is 14.2 Å². The van der Waals surface area contributed by atoms with E-state index in [1.165, 1.54) is 16.7 Å². The Hall–Kier alpha value is -2.04. The molecule has 128 valence electrons. The number of hydrogen-bond donors (Lipinski definition) is 1. The average molecular weight is 326 g/mol. The van der Waals surface area contributed by atoms with Gasteiger partial charge in [0.1, 0.15) is 0 Å². The van der Waals surface area contributed by atoms with Crippen LogP contribution in [0, 0.1) is 6.92 Å². The largest absolute Gasteiger partial charge is 0.493 e. The predicted octanol–water partition coefficient (Wildman–Crippen LogP) is 2.94. The van der Waals surface area contributed by atoms with E-state index in [2.05, 4.69) is 48.2 Å². The lowest BCUT2D eigenvalue weighted by Crippen LogP contribution is -2.28. The summed E-state index contributed by atoms with van der Waals surface area (Å²) in [6.45, 7) is 4.89. The number of methoxy groups -OCH3 is 2. The summed E-state index contributed by atoms with van der Waals surface area (Å²) in [6.07, 6.45) is 0. The highest BCUT2D eigenvalue weighted by Gasteiger charge is 2.31. The second-order valence-electron chi connectivity index (χ2n) is 6.51. The van der Waals surface area contributed by atoms with Crippen LogP contribution < -0.4 is 15.2 Å². The van der Waals surface area contributed by atoms with Gasteiger partial charge in [0.25, 0.3) is 0 Å². The fourth-order valence-electron chi connectivity index (χ4n) is 3.53.